The third-order valence-corrected chi connectivity index (χ3v) is 7.42. The van der Waals surface area contributed by atoms with Gasteiger partial charge in [-0.1, -0.05) is 11.2 Å². The minimum atomic E-state index is -1.07. The number of nitrogens with zero attached hydrogens (tertiary/aromatic N) is 4. The normalized spacial score (nSPS) is 23.3. The van der Waals surface area contributed by atoms with Crippen molar-refractivity contribution >= 4 is 11.9 Å². The molecule has 4 heterocycles. The first-order valence-corrected chi connectivity index (χ1v) is 12.3. The summed E-state index contributed by atoms with van der Waals surface area (Å²) in [6, 6.07) is 5.80. The zero-order valence-corrected chi connectivity index (χ0v) is 19.8. The first-order valence-electron chi connectivity index (χ1n) is 12.3. The lowest BCUT2D eigenvalue weighted by Crippen LogP contribution is -2.46. The van der Waals surface area contributed by atoms with Crippen LogP contribution in [0.15, 0.2) is 28.8 Å². The maximum Gasteiger partial charge on any atom is 0.354 e. The molecule has 8 nitrogen and oxygen atoms in total. The second-order valence-corrected chi connectivity index (χ2v) is 9.95. The third-order valence-electron chi connectivity index (χ3n) is 7.42. The highest BCUT2D eigenvalue weighted by Crippen LogP contribution is 2.45. The molecule has 10 heteroatoms. The Morgan fingerprint density at radius 2 is 1.92 bits per heavy atom. The molecular weight excluding hydrogens is 470 g/mol. The summed E-state index contributed by atoms with van der Waals surface area (Å²) < 4.78 is 40.4. The van der Waals surface area contributed by atoms with E-state index in [9.17, 15) is 18.7 Å². The van der Waals surface area contributed by atoms with Crippen molar-refractivity contribution in [2.45, 2.75) is 76.2 Å². The summed E-state index contributed by atoms with van der Waals surface area (Å²) in [4.78, 5) is 22.4. The summed E-state index contributed by atoms with van der Waals surface area (Å²) >= 11 is 0. The molecule has 36 heavy (non-hydrogen) atoms. The Morgan fingerprint density at radius 1 is 1.17 bits per heavy atom. The third kappa shape index (κ3) is 4.13. The SMILES string of the molecule is Cc1cc(C(=O)O)nc(N2C3CC[C@H]2CC(OCc2c(-c4cccc(F)c4F)noc2C2CC2)C3)n1. The molecule has 6 rings (SSSR count). The number of rotatable bonds is 7. The lowest BCUT2D eigenvalue weighted by Gasteiger charge is -2.39. The second-order valence-electron chi connectivity index (χ2n) is 9.95. The number of halogens is 2. The van der Waals surface area contributed by atoms with E-state index in [-0.39, 0.29) is 42.0 Å². The number of fused-ring (bicyclic) bond motifs is 2. The van der Waals surface area contributed by atoms with Gasteiger partial charge in [0.15, 0.2) is 17.3 Å². The smallest absolute Gasteiger partial charge is 0.354 e. The Hall–Kier alpha value is -3.40. The molecule has 3 aromatic rings. The van der Waals surface area contributed by atoms with Crippen LogP contribution in [0.1, 0.15) is 71.9 Å². The molecule has 3 fully saturated rings. The number of hydrogen-bond acceptors (Lipinski definition) is 7. The van der Waals surface area contributed by atoms with E-state index in [0.29, 0.717) is 28.7 Å². The van der Waals surface area contributed by atoms with Crippen molar-refractivity contribution in [1.82, 2.24) is 15.1 Å². The fourth-order valence-electron chi connectivity index (χ4n) is 5.59. The number of ether oxygens (including phenoxy) is 1. The van der Waals surface area contributed by atoms with E-state index in [1.807, 2.05) is 0 Å². The number of aryl methyl sites for hydroxylation is 1. The Labute approximate surface area is 206 Å². The summed E-state index contributed by atoms with van der Waals surface area (Å²) in [7, 11) is 0. The van der Waals surface area contributed by atoms with E-state index in [4.69, 9.17) is 9.26 Å². The molecule has 1 saturated carbocycles. The summed E-state index contributed by atoms with van der Waals surface area (Å²) in [6.07, 6.45) is 5.28. The summed E-state index contributed by atoms with van der Waals surface area (Å²) in [5.41, 5.74) is 1.67. The fourth-order valence-corrected chi connectivity index (χ4v) is 5.59. The van der Waals surface area contributed by atoms with Gasteiger partial charge in [0.05, 0.1) is 12.7 Å². The standard InChI is InChI=1S/C26H26F2N4O4/c1-13-9-21(25(33)34)30-26(29-13)32-15-7-8-16(32)11-17(10-15)35-12-19-23(31-36-24(19)14-5-6-14)18-3-2-4-20(27)22(18)28/h2-4,9,14-17H,5-8,10-12H2,1H3,(H,33,34)/t15-,16?,17?/m0/s1. The van der Waals surface area contributed by atoms with Gasteiger partial charge in [-0.3, -0.25) is 0 Å². The second kappa shape index (κ2) is 8.92. The van der Waals surface area contributed by atoms with Crippen molar-refractivity contribution in [2.24, 2.45) is 0 Å². The minimum absolute atomic E-state index is 0.00699. The number of carbonyl (C=O) groups is 1. The van der Waals surface area contributed by atoms with Crippen LogP contribution in [0.5, 0.6) is 0 Å². The fraction of sp³-hybridized carbons (Fsp3) is 0.462. The highest BCUT2D eigenvalue weighted by atomic mass is 19.2. The number of carboxylic acid groups (broad SMARTS) is 1. The van der Waals surface area contributed by atoms with Gasteiger partial charge in [-0.15, -0.1) is 0 Å². The number of anilines is 1. The van der Waals surface area contributed by atoms with Crippen molar-refractivity contribution in [3.8, 4) is 11.3 Å². The van der Waals surface area contributed by atoms with Gasteiger partial charge in [-0.05, 0) is 63.6 Å². The topological polar surface area (TPSA) is 102 Å². The maximum absolute atomic E-state index is 14.6. The molecule has 2 bridgehead atoms. The molecule has 0 radical (unpaired) electrons. The van der Waals surface area contributed by atoms with Gasteiger partial charge < -0.3 is 19.3 Å². The van der Waals surface area contributed by atoms with E-state index in [2.05, 4.69) is 20.0 Å². The summed E-state index contributed by atoms with van der Waals surface area (Å²) in [6.45, 7) is 1.97. The molecule has 0 spiro atoms. The Balaban J connectivity index is 1.21. The number of benzene rings is 1. The van der Waals surface area contributed by atoms with Crippen molar-refractivity contribution in [1.29, 1.82) is 0 Å². The maximum atomic E-state index is 14.6. The van der Waals surface area contributed by atoms with E-state index in [0.717, 1.165) is 44.6 Å². The van der Waals surface area contributed by atoms with Crippen molar-refractivity contribution in [3.05, 3.63) is 58.6 Å². The van der Waals surface area contributed by atoms with Gasteiger partial charge in [-0.25, -0.2) is 23.5 Å². The van der Waals surface area contributed by atoms with Gasteiger partial charge in [0.2, 0.25) is 5.95 Å². The van der Waals surface area contributed by atoms with Gasteiger partial charge in [0.25, 0.3) is 0 Å². The molecule has 1 aromatic carbocycles. The molecule has 1 aliphatic carbocycles. The summed E-state index contributed by atoms with van der Waals surface area (Å²) in [5, 5.41) is 13.5. The molecule has 2 unspecified atom stereocenters. The molecule has 3 atom stereocenters. The highest BCUT2D eigenvalue weighted by molar-refractivity contribution is 5.85. The number of piperidine rings is 1. The first kappa shape index (κ1) is 23.0. The van der Waals surface area contributed by atoms with Gasteiger partial charge in [0, 0.05) is 34.8 Å². The Bertz CT molecular complexity index is 1310. The molecule has 188 valence electrons. The van der Waals surface area contributed by atoms with Crippen LogP contribution in [0.3, 0.4) is 0 Å². The van der Waals surface area contributed by atoms with Gasteiger partial charge in [-0.2, -0.15) is 0 Å². The van der Waals surface area contributed by atoms with Crippen molar-refractivity contribution < 1.29 is 27.9 Å². The first-order chi connectivity index (χ1) is 17.4. The van der Waals surface area contributed by atoms with E-state index in [1.54, 1.807) is 6.92 Å². The van der Waals surface area contributed by atoms with Gasteiger partial charge >= 0.3 is 5.97 Å². The molecular formula is C26H26F2N4O4. The zero-order chi connectivity index (χ0) is 25.0. The van der Waals surface area contributed by atoms with Crippen LogP contribution in [-0.2, 0) is 11.3 Å². The molecule has 3 aliphatic rings. The van der Waals surface area contributed by atoms with E-state index >= 15 is 0 Å². The predicted molar refractivity (Wildman–Crippen MR) is 125 cm³/mol. The molecule has 2 aliphatic heterocycles. The highest BCUT2D eigenvalue weighted by Gasteiger charge is 2.43. The monoisotopic (exact) mass is 496 g/mol. The average Bonchev–Trinajstić information content (AvgIpc) is 3.55. The van der Waals surface area contributed by atoms with Gasteiger partial charge in [0.1, 0.15) is 11.5 Å². The van der Waals surface area contributed by atoms with E-state index in [1.165, 1.54) is 18.2 Å². The number of aromatic nitrogens is 3. The quantitative estimate of drug-likeness (QED) is 0.487. The lowest BCUT2D eigenvalue weighted by molar-refractivity contribution is 0.0144. The van der Waals surface area contributed by atoms with Crippen LogP contribution in [0.2, 0.25) is 0 Å². The van der Waals surface area contributed by atoms with Crippen LogP contribution >= 0.6 is 0 Å². The Kier molecular flexibility index (Phi) is 5.70. The molecule has 2 saturated heterocycles. The largest absolute Gasteiger partial charge is 0.477 e. The number of hydrogen-bond donors (Lipinski definition) is 1. The molecule has 1 N–H and O–H groups in total. The zero-order valence-electron chi connectivity index (χ0n) is 19.8. The van der Waals surface area contributed by atoms with Crippen LogP contribution in [0.25, 0.3) is 11.3 Å². The molecule has 0 amide bonds. The number of aromatic carboxylic acids is 1. The van der Waals surface area contributed by atoms with Crippen LogP contribution in [0, 0.1) is 18.6 Å². The minimum Gasteiger partial charge on any atom is -0.477 e. The lowest BCUT2D eigenvalue weighted by atomic mass is 9.99. The van der Waals surface area contributed by atoms with Crippen LogP contribution in [0.4, 0.5) is 14.7 Å². The predicted octanol–water partition coefficient (Wildman–Crippen LogP) is 5.01. The van der Waals surface area contributed by atoms with Crippen LogP contribution in [-0.4, -0.2) is 44.4 Å². The average molecular weight is 497 g/mol. The van der Waals surface area contributed by atoms with Crippen LogP contribution < -0.4 is 4.90 Å². The van der Waals surface area contributed by atoms with Crippen molar-refractivity contribution in [2.75, 3.05) is 4.90 Å². The summed E-state index contributed by atoms with van der Waals surface area (Å²) in [5.74, 6) is -1.55. The van der Waals surface area contributed by atoms with Crippen molar-refractivity contribution in [3.63, 3.8) is 0 Å². The van der Waals surface area contributed by atoms with E-state index < -0.39 is 17.6 Å². The molecule has 2 aromatic heterocycles. The Morgan fingerprint density at radius 3 is 2.61 bits per heavy atom. The number of carboxylic acids is 1.